The SMILES string of the molecule is COc1cc(-n2ccnc(Sc3ccc(C)cn3)c2=O)ccc1OCC(C)(C)C. The first-order valence-electron chi connectivity index (χ1n) is 9.26. The number of aromatic nitrogens is 3. The van der Waals surface area contributed by atoms with Crippen LogP contribution in [0.4, 0.5) is 0 Å². The van der Waals surface area contributed by atoms with Crippen LogP contribution in [-0.2, 0) is 0 Å². The van der Waals surface area contributed by atoms with E-state index in [1.54, 1.807) is 36.3 Å². The maximum Gasteiger partial charge on any atom is 0.288 e. The summed E-state index contributed by atoms with van der Waals surface area (Å²) in [5.41, 5.74) is 1.55. The highest BCUT2D eigenvalue weighted by Crippen LogP contribution is 2.31. The number of methoxy groups -OCH3 is 1. The predicted molar refractivity (Wildman–Crippen MR) is 114 cm³/mol. The van der Waals surface area contributed by atoms with E-state index in [0.29, 0.717) is 28.8 Å². The number of rotatable bonds is 6. The molecule has 0 fully saturated rings. The Morgan fingerprint density at radius 1 is 1.10 bits per heavy atom. The van der Waals surface area contributed by atoms with Crippen LogP contribution in [0.3, 0.4) is 0 Å². The van der Waals surface area contributed by atoms with Gasteiger partial charge in [-0.05, 0) is 47.9 Å². The van der Waals surface area contributed by atoms with Crippen LogP contribution < -0.4 is 15.0 Å². The molecule has 2 aromatic heterocycles. The number of benzene rings is 1. The van der Waals surface area contributed by atoms with Crippen molar-refractivity contribution in [1.29, 1.82) is 0 Å². The second-order valence-electron chi connectivity index (χ2n) is 7.87. The Kier molecular flexibility index (Phi) is 6.27. The summed E-state index contributed by atoms with van der Waals surface area (Å²) in [5, 5.41) is 1.08. The summed E-state index contributed by atoms with van der Waals surface area (Å²) in [6.45, 7) is 8.84. The zero-order valence-corrected chi connectivity index (χ0v) is 18.1. The van der Waals surface area contributed by atoms with Gasteiger partial charge in [-0.15, -0.1) is 0 Å². The Balaban J connectivity index is 1.90. The van der Waals surface area contributed by atoms with E-state index in [1.165, 1.54) is 11.8 Å². The molecule has 0 N–H and O–H groups in total. The van der Waals surface area contributed by atoms with Crippen molar-refractivity contribution in [2.45, 2.75) is 37.7 Å². The minimum Gasteiger partial charge on any atom is -0.493 e. The van der Waals surface area contributed by atoms with E-state index in [0.717, 1.165) is 10.6 Å². The van der Waals surface area contributed by atoms with Crippen LogP contribution in [0.1, 0.15) is 26.3 Å². The van der Waals surface area contributed by atoms with Crippen LogP contribution in [0.15, 0.2) is 63.8 Å². The first kappa shape index (κ1) is 20.9. The number of hydrogen-bond acceptors (Lipinski definition) is 6. The molecule has 0 unspecified atom stereocenters. The van der Waals surface area contributed by atoms with Crippen molar-refractivity contribution in [3.8, 4) is 17.2 Å². The van der Waals surface area contributed by atoms with Gasteiger partial charge in [0.25, 0.3) is 5.56 Å². The van der Waals surface area contributed by atoms with Gasteiger partial charge in [-0.2, -0.15) is 0 Å². The topological polar surface area (TPSA) is 66.2 Å². The minimum atomic E-state index is -0.217. The molecule has 0 radical (unpaired) electrons. The molecule has 0 bridgehead atoms. The van der Waals surface area contributed by atoms with Gasteiger partial charge in [0.05, 0.1) is 19.4 Å². The smallest absolute Gasteiger partial charge is 0.288 e. The van der Waals surface area contributed by atoms with E-state index in [2.05, 4.69) is 30.7 Å². The molecule has 152 valence electrons. The van der Waals surface area contributed by atoms with Gasteiger partial charge >= 0.3 is 0 Å². The molecule has 0 saturated heterocycles. The van der Waals surface area contributed by atoms with E-state index in [1.807, 2.05) is 31.2 Å². The van der Waals surface area contributed by atoms with Crippen LogP contribution in [0.25, 0.3) is 5.69 Å². The lowest BCUT2D eigenvalue weighted by molar-refractivity contribution is 0.191. The van der Waals surface area contributed by atoms with Gasteiger partial charge < -0.3 is 9.47 Å². The van der Waals surface area contributed by atoms with Crippen molar-refractivity contribution >= 4 is 11.8 Å². The summed E-state index contributed by atoms with van der Waals surface area (Å²) in [7, 11) is 1.59. The summed E-state index contributed by atoms with van der Waals surface area (Å²) in [6, 6.07) is 9.28. The Morgan fingerprint density at radius 3 is 2.55 bits per heavy atom. The largest absolute Gasteiger partial charge is 0.493 e. The second-order valence-corrected chi connectivity index (χ2v) is 8.88. The Morgan fingerprint density at radius 2 is 1.90 bits per heavy atom. The zero-order valence-electron chi connectivity index (χ0n) is 17.3. The lowest BCUT2D eigenvalue weighted by Crippen LogP contribution is -2.20. The Labute approximate surface area is 174 Å². The molecule has 0 aliphatic carbocycles. The number of hydrogen-bond donors (Lipinski definition) is 0. The maximum absolute atomic E-state index is 13.0. The van der Waals surface area contributed by atoms with Crippen molar-refractivity contribution in [3.63, 3.8) is 0 Å². The third-order valence-corrected chi connectivity index (χ3v) is 4.90. The minimum absolute atomic E-state index is 0.0296. The lowest BCUT2D eigenvalue weighted by atomic mass is 9.99. The molecule has 3 rings (SSSR count). The van der Waals surface area contributed by atoms with Crippen LogP contribution in [-0.4, -0.2) is 28.3 Å². The molecule has 1 aromatic carbocycles. The lowest BCUT2D eigenvalue weighted by Gasteiger charge is -2.20. The molecule has 7 heteroatoms. The monoisotopic (exact) mass is 411 g/mol. The normalized spacial score (nSPS) is 11.3. The summed E-state index contributed by atoms with van der Waals surface area (Å²) in [4.78, 5) is 21.5. The summed E-state index contributed by atoms with van der Waals surface area (Å²) >= 11 is 1.24. The van der Waals surface area contributed by atoms with Crippen molar-refractivity contribution in [3.05, 3.63) is 64.8 Å². The number of ether oxygens (including phenoxy) is 2. The van der Waals surface area contributed by atoms with Gasteiger partial charge in [-0.25, -0.2) is 9.97 Å². The van der Waals surface area contributed by atoms with Gasteiger partial charge in [0.2, 0.25) is 0 Å². The van der Waals surface area contributed by atoms with Crippen molar-refractivity contribution in [1.82, 2.24) is 14.5 Å². The van der Waals surface area contributed by atoms with Gasteiger partial charge in [-0.3, -0.25) is 9.36 Å². The third kappa shape index (κ3) is 5.38. The van der Waals surface area contributed by atoms with Gasteiger partial charge in [-0.1, -0.05) is 26.8 Å². The van der Waals surface area contributed by atoms with E-state index in [-0.39, 0.29) is 11.0 Å². The number of aryl methyl sites for hydroxylation is 1. The first-order chi connectivity index (χ1) is 13.8. The van der Waals surface area contributed by atoms with Gasteiger partial charge in [0, 0.05) is 24.7 Å². The fraction of sp³-hybridized carbons (Fsp3) is 0.318. The van der Waals surface area contributed by atoms with Crippen LogP contribution >= 0.6 is 11.8 Å². The fourth-order valence-electron chi connectivity index (χ4n) is 2.50. The van der Waals surface area contributed by atoms with Crippen LogP contribution in [0.5, 0.6) is 11.5 Å². The molecular formula is C22H25N3O3S. The van der Waals surface area contributed by atoms with Gasteiger partial charge in [0.15, 0.2) is 16.5 Å². The molecule has 0 spiro atoms. The third-order valence-electron chi connectivity index (χ3n) is 3.98. The van der Waals surface area contributed by atoms with Crippen molar-refractivity contribution in [2.75, 3.05) is 13.7 Å². The highest BCUT2D eigenvalue weighted by atomic mass is 32.2. The Hall–Kier alpha value is -2.80. The van der Waals surface area contributed by atoms with Crippen molar-refractivity contribution < 1.29 is 9.47 Å². The molecular weight excluding hydrogens is 386 g/mol. The van der Waals surface area contributed by atoms with E-state index in [9.17, 15) is 4.79 Å². The Bertz CT molecular complexity index is 1040. The molecule has 0 saturated carbocycles. The molecule has 0 amide bonds. The molecule has 0 aliphatic heterocycles. The zero-order chi connectivity index (χ0) is 21.0. The summed E-state index contributed by atoms with van der Waals surface area (Å²) in [5.74, 6) is 1.22. The molecule has 0 aliphatic rings. The first-order valence-corrected chi connectivity index (χ1v) is 10.1. The molecule has 2 heterocycles. The van der Waals surface area contributed by atoms with E-state index in [4.69, 9.17) is 9.47 Å². The van der Waals surface area contributed by atoms with E-state index >= 15 is 0 Å². The maximum atomic E-state index is 13.0. The van der Waals surface area contributed by atoms with Crippen LogP contribution in [0, 0.1) is 12.3 Å². The average molecular weight is 412 g/mol. The quantitative estimate of drug-likeness (QED) is 0.594. The molecule has 29 heavy (non-hydrogen) atoms. The summed E-state index contributed by atoms with van der Waals surface area (Å²) in [6.07, 6.45) is 5.01. The standard InChI is InChI=1S/C22H25N3O3S/c1-15-6-9-19(24-13-15)29-20-21(26)25(11-10-23-20)16-7-8-17(18(12-16)27-5)28-14-22(2,3)4/h6-13H,14H2,1-5H3. The average Bonchev–Trinajstić information content (AvgIpc) is 2.69. The molecule has 0 atom stereocenters. The van der Waals surface area contributed by atoms with Crippen LogP contribution in [0.2, 0.25) is 0 Å². The molecule has 3 aromatic rings. The fourth-order valence-corrected chi connectivity index (χ4v) is 3.24. The number of pyridine rings is 1. The second kappa shape index (κ2) is 8.69. The highest BCUT2D eigenvalue weighted by Gasteiger charge is 2.15. The number of nitrogens with zero attached hydrogens (tertiary/aromatic N) is 3. The van der Waals surface area contributed by atoms with Crippen molar-refractivity contribution in [2.24, 2.45) is 5.41 Å². The molecule has 6 nitrogen and oxygen atoms in total. The van der Waals surface area contributed by atoms with Gasteiger partial charge in [0.1, 0.15) is 5.03 Å². The predicted octanol–water partition coefficient (Wildman–Crippen LogP) is 4.52. The highest BCUT2D eigenvalue weighted by molar-refractivity contribution is 7.99. The van der Waals surface area contributed by atoms with E-state index < -0.39 is 0 Å². The summed E-state index contributed by atoms with van der Waals surface area (Å²) < 4.78 is 12.9.